The summed E-state index contributed by atoms with van der Waals surface area (Å²) in [5, 5.41) is 0.398. The van der Waals surface area contributed by atoms with Gasteiger partial charge in [-0.25, -0.2) is 0 Å². The maximum absolute atomic E-state index is 4.07. The molecule has 0 aliphatic heterocycles. The predicted molar refractivity (Wildman–Crippen MR) is 82.2 cm³/mol. The van der Waals surface area contributed by atoms with Crippen LogP contribution in [0.3, 0.4) is 0 Å². The van der Waals surface area contributed by atoms with Crippen LogP contribution in [0.2, 0.25) is 18.1 Å². The van der Waals surface area contributed by atoms with E-state index in [0.29, 0.717) is 5.04 Å². The minimum atomic E-state index is -1.43. The molecule has 0 aromatic carbocycles. The molecule has 1 N–H and O–H groups in total. The zero-order valence-electron chi connectivity index (χ0n) is 13.6. The molecule has 0 aliphatic rings. The average molecular weight is 259 g/mol. The molecular weight excluding hydrogens is 224 g/mol. The van der Waals surface area contributed by atoms with E-state index in [9.17, 15) is 0 Å². The van der Waals surface area contributed by atoms with Gasteiger partial charge in [-0.1, -0.05) is 47.7 Å². The quantitative estimate of drug-likeness (QED) is 0.731. The third-order valence-corrected chi connectivity index (χ3v) is 9.33. The Morgan fingerprint density at radius 1 is 1.00 bits per heavy atom. The molecular formula is C14H34N2Si. The Morgan fingerprint density at radius 3 is 1.65 bits per heavy atom. The largest absolute Gasteiger partial charge is 0.331 e. The molecule has 17 heavy (non-hydrogen) atoms. The lowest BCUT2D eigenvalue weighted by atomic mass is 9.94. The second kappa shape index (κ2) is 5.85. The van der Waals surface area contributed by atoms with E-state index in [1.165, 1.54) is 12.8 Å². The second-order valence-electron chi connectivity index (χ2n) is 7.23. The van der Waals surface area contributed by atoms with E-state index in [4.69, 9.17) is 0 Å². The van der Waals surface area contributed by atoms with Crippen molar-refractivity contribution >= 4 is 8.24 Å². The van der Waals surface area contributed by atoms with Gasteiger partial charge >= 0.3 is 0 Å². The fourth-order valence-corrected chi connectivity index (χ4v) is 4.28. The number of hydrogen-bond donors (Lipinski definition) is 1. The first-order valence-electron chi connectivity index (χ1n) is 6.94. The molecule has 0 atom stereocenters. The average Bonchev–Trinajstić information content (AvgIpc) is 2.13. The minimum Gasteiger partial charge on any atom is -0.331 e. The van der Waals surface area contributed by atoms with Crippen molar-refractivity contribution in [2.24, 2.45) is 0 Å². The zero-order valence-corrected chi connectivity index (χ0v) is 14.6. The number of nitrogens with zero attached hydrogens (tertiary/aromatic N) is 1. The maximum atomic E-state index is 4.07. The van der Waals surface area contributed by atoms with Crippen molar-refractivity contribution in [2.45, 2.75) is 71.1 Å². The highest BCUT2D eigenvalue weighted by Crippen LogP contribution is 2.36. The Bertz CT molecular complexity index is 225. The summed E-state index contributed by atoms with van der Waals surface area (Å²) in [7, 11) is 2.92. The summed E-state index contributed by atoms with van der Waals surface area (Å²) in [5.41, 5.74) is 0.284. The summed E-state index contributed by atoms with van der Waals surface area (Å²) >= 11 is 0. The van der Waals surface area contributed by atoms with Crippen LogP contribution in [0.1, 0.15) is 47.5 Å². The van der Waals surface area contributed by atoms with E-state index in [-0.39, 0.29) is 5.54 Å². The van der Waals surface area contributed by atoms with Gasteiger partial charge in [0, 0.05) is 12.1 Å². The molecule has 104 valence electrons. The molecule has 0 spiro atoms. The summed E-state index contributed by atoms with van der Waals surface area (Å²) in [5.74, 6) is 0. The first-order valence-corrected chi connectivity index (χ1v) is 9.94. The van der Waals surface area contributed by atoms with Crippen molar-refractivity contribution in [2.75, 3.05) is 20.6 Å². The number of hydrogen-bond acceptors (Lipinski definition) is 2. The Hall–Kier alpha value is 0.137. The molecule has 0 amide bonds. The monoisotopic (exact) mass is 258 g/mol. The molecule has 0 saturated heterocycles. The minimum absolute atomic E-state index is 0.284. The van der Waals surface area contributed by atoms with E-state index < -0.39 is 8.24 Å². The highest BCUT2D eigenvalue weighted by Gasteiger charge is 2.41. The predicted octanol–water partition coefficient (Wildman–Crippen LogP) is 3.70. The van der Waals surface area contributed by atoms with Gasteiger partial charge in [-0.15, -0.1) is 0 Å². The summed E-state index contributed by atoms with van der Waals surface area (Å²) in [4.78, 5) is 6.39. The van der Waals surface area contributed by atoms with Crippen LogP contribution in [0, 0.1) is 0 Å². The lowest BCUT2D eigenvalue weighted by molar-refractivity contribution is 0.243. The fourth-order valence-electron chi connectivity index (χ4n) is 2.15. The molecule has 0 aliphatic carbocycles. The third kappa shape index (κ3) is 4.72. The van der Waals surface area contributed by atoms with E-state index in [0.717, 1.165) is 6.54 Å². The lowest BCUT2D eigenvalue weighted by Crippen LogP contribution is -2.65. The van der Waals surface area contributed by atoms with Crippen LogP contribution in [-0.2, 0) is 0 Å². The van der Waals surface area contributed by atoms with Crippen molar-refractivity contribution in [3.05, 3.63) is 0 Å². The molecule has 3 heteroatoms. The number of nitrogens with one attached hydrogen (secondary N) is 1. The van der Waals surface area contributed by atoms with Crippen LogP contribution >= 0.6 is 0 Å². The van der Waals surface area contributed by atoms with Gasteiger partial charge in [0.05, 0.1) is 0 Å². The summed E-state index contributed by atoms with van der Waals surface area (Å²) in [6.45, 7) is 17.8. The highest BCUT2D eigenvalue weighted by molar-refractivity contribution is 6.77. The molecule has 0 saturated carbocycles. The van der Waals surface area contributed by atoms with Crippen molar-refractivity contribution in [3.63, 3.8) is 0 Å². The first-order chi connectivity index (χ1) is 7.49. The molecule has 0 unspecified atom stereocenters. The van der Waals surface area contributed by atoms with Crippen LogP contribution in [0.5, 0.6) is 0 Å². The number of likely N-dealkylation sites (N-methyl/N-ethyl adjacent to an activating group) is 1. The van der Waals surface area contributed by atoms with E-state index >= 15 is 0 Å². The fraction of sp³-hybridized carbons (Fsp3) is 1.00. The van der Waals surface area contributed by atoms with Gasteiger partial charge in [0.1, 0.15) is 8.24 Å². The zero-order chi connectivity index (χ0) is 13.9. The Labute approximate surface area is 110 Å². The molecule has 0 fully saturated rings. The van der Waals surface area contributed by atoms with Crippen LogP contribution in [0.4, 0.5) is 0 Å². The van der Waals surface area contributed by atoms with Crippen LogP contribution in [0.25, 0.3) is 0 Å². The highest BCUT2D eigenvalue weighted by atomic mass is 28.3. The maximum Gasteiger partial charge on any atom is 0.125 e. The summed E-state index contributed by atoms with van der Waals surface area (Å²) in [6.07, 6.45) is 2.41. The smallest absolute Gasteiger partial charge is 0.125 e. The van der Waals surface area contributed by atoms with Crippen molar-refractivity contribution in [1.82, 2.24) is 9.88 Å². The van der Waals surface area contributed by atoms with E-state index in [2.05, 4.69) is 71.7 Å². The van der Waals surface area contributed by atoms with Crippen molar-refractivity contribution in [1.29, 1.82) is 0 Å². The third-order valence-electron chi connectivity index (χ3n) is 4.43. The SMILES string of the molecule is CCC(CC)(CN(C)C)N[Si](C)(C)C(C)(C)C. The van der Waals surface area contributed by atoms with Gasteiger partial charge in [0.15, 0.2) is 0 Å². The molecule has 0 rings (SSSR count). The first kappa shape index (κ1) is 17.1. The van der Waals surface area contributed by atoms with E-state index in [1.54, 1.807) is 0 Å². The van der Waals surface area contributed by atoms with Gasteiger partial charge in [-0.2, -0.15) is 0 Å². The van der Waals surface area contributed by atoms with Crippen molar-refractivity contribution in [3.8, 4) is 0 Å². The molecule has 0 aromatic rings. The standard InChI is InChI=1S/C14H34N2Si/c1-10-14(11-2,12-16(6)7)15-17(8,9)13(3,4)5/h15H,10-12H2,1-9H3. The van der Waals surface area contributed by atoms with Crippen molar-refractivity contribution < 1.29 is 0 Å². The normalized spacial score (nSPS) is 14.5. The molecule has 2 nitrogen and oxygen atoms in total. The van der Waals surface area contributed by atoms with Crippen LogP contribution in [-0.4, -0.2) is 39.3 Å². The van der Waals surface area contributed by atoms with E-state index in [1.807, 2.05) is 0 Å². The Morgan fingerprint density at radius 2 is 1.41 bits per heavy atom. The molecule has 0 heterocycles. The Balaban J connectivity index is 4.99. The van der Waals surface area contributed by atoms with Gasteiger partial charge < -0.3 is 9.88 Å². The van der Waals surface area contributed by atoms with Gasteiger partial charge in [-0.05, 0) is 32.0 Å². The van der Waals surface area contributed by atoms with Crippen LogP contribution < -0.4 is 4.98 Å². The van der Waals surface area contributed by atoms with Gasteiger partial charge in [0.25, 0.3) is 0 Å². The topological polar surface area (TPSA) is 15.3 Å². The number of rotatable bonds is 6. The summed E-state index contributed by atoms with van der Waals surface area (Å²) in [6, 6.07) is 0. The molecule has 0 bridgehead atoms. The molecule has 0 aromatic heterocycles. The van der Waals surface area contributed by atoms with Crippen LogP contribution in [0.15, 0.2) is 0 Å². The van der Waals surface area contributed by atoms with Gasteiger partial charge in [0.2, 0.25) is 0 Å². The lowest BCUT2D eigenvalue weighted by Gasteiger charge is -2.47. The second-order valence-corrected chi connectivity index (χ2v) is 12.2. The summed E-state index contributed by atoms with van der Waals surface area (Å²) < 4.78 is 0. The molecule has 0 radical (unpaired) electrons. The van der Waals surface area contributed by atoms with Gasteiger partial charge in [-0.3, -0.25) is 0 Å². The Kier molecular flexibility index (Phi) is 5.90.